The molecule has 4 rings (SSSR count). The van der Waals surface area contributed by atoms with Crippen molar-refractivity contribution >= 4 is 0 Å². The minimum Gasteiger partial charge on any atom is -0.337 e. The monoisotopic (exact) mass is 389 g/mol. The zero-order valence-corrected chi connectivity index (χ0v) is 16.2. The first-order valence-corrected chi connectivity index (χ1v) is 9.78. The fourth-order valence-electron chi connectivity index (χ4n) is 3.41. The molecule has 29 heavy (non-hydrogen) atoms. The maximum atomic E-state index is 14.2. The second kappa shape index (κ2) is 9.30. The average Bonchev–Trinajstić information content (AvgIpc) is 3.44. The van der Waals surface area contributed by atoms with E-state index in [2.05, 4.69) is 43.8 Å². The lowest BCUT2D eigenvalue weighted by Crippen LogP contribution is -2.25. The van der Waals surface area contributed by atoms with Crippen molar-refractivity contribution in [1.29, 1.82) is 0 Å². The lowest BCUT2D eigenvalue weighted by Gasteiger charge is -2.23. The zero-order valence-electron chi connectivity index (χ0n) is 16.2. The summed E-state index contributed by atoms with van der Waals surface area (Å²) in [7, 11) is 0. The van der Waals surface area contributed by atoms with E-state index in [-0.39, 0.29) is 5.82 Å². The standard InChI is InChI=1S/C23H24FN5/c24-23-6-2-1-5-21(23)18-28(14-4-13-27-16-12-25-19-27)17-20-7-9-22(10-8-20)29-15-3-11-26-29/h1-3,5-12,15-16,19H,4,13-14,17-18H2. The van der Waals surface area contributed by atoms with Crippen LogP contribution in [-0.4, -0.2) is 30.8 Å². The minimum atomic E-state index is -0.152. The molecule has 2 aromatic heterocycles. The van der Waals surface area contributed by atoms with Gasteiger partial charge >= 0.3 is 0 Å². The average molecular weight is 389 g/mol. The summed E-state index contributed by atoms with van der Waals surface area (Å²) in [5.74, 6) is -0.152. The van der Waals surface area contributed by atoms with Crippen LogP contribution in [0.15, 0.2) is 85.7 Å². The highest BCUT2D eigenvalue weighted by molar-refractivity contribution is 5.33. The fourth-order valence-corrected chi connectivity index (χ4v) is 3.41. The van der Waals surface area contributed by atoms with Crippen LogP contribution in [-0.2, 0) is 19.6 Å². The molecule has 0 aliphatic rings. The Morgan fingerprint density at radius 1 is 0.897 bits per heavy atom. The second-order valence-corrected chi connectivity index (χ2v) is 7.07. The lowest BCUT2D eigenvalue weighted by molar-refractivity contribution is 0.245. The van der Waals surface area contributed by atoms with Crippen molar-refractivity contribution in [3.8, 4) is 5.69 Å². The first-order valence-electron chi connectivity index (χ1n) is 9.78. The number of imidazole rings is 1. The van der Waals surface area contributed by atoms with Gasteiger partial charge in [0.05, 0.1) is 12.0 Å². The SMILES string of the molecule is Fc1ccccc1CN(CCCn1ccnc1)Cc1ccc(-n2cccn2)cc1. The van der Waals surface area contributed by atoms with Crippen molar-refractivity contribution in [2.24, 2.45) is 0 Å². The molecule has 0 aliphatic heterocycles. The smallest absolute Gasteiger partial charge is 0.127 e. The molecule has 0 amide bonds. The molecule has 4 aromatic rings. The normalized spacial score (nSPS) is 11.2. The number of halogens is 1. The predicted molar refractivity (Wildman–Crippen MR) is 111 cm³/mol. The van der Waals surface area contributed by atoms with Crippen LogP contribution in [0.1, 0.15) is 17.5 Å². The van der Waals surface area contributed by atoms with Crippen molar-refractivity contribution in [1.82, 2.24) is 24.2 Å². The molecule has 0 atom stereocenters. The van der Waals surface area contributed by atoms with Crippen molar-refractivity contribution < 1.29 is 4.39 Å². The van der Waals surface area contributed by atoms with E-state index in [0.29, 0.717) is 6.54 Å². The third kappa shape index (κ3) is 5.18. The van der Waals surface area contributed by atoms with Gasteiger partial charge in [0.1, 0.15) is 5.82 Å². The number of aromatic nitrogens is 4. The van der Waals surface area contributed by atoms with Gasteiger partial charge < -0.3 is 4.57 Å². The molecule has 0 fully saturated rings. The van der Waals surface area contributed by atoms with Gasteiger partial charge in [0.15, 0.2) is 0 Å². The predicted octanol–water partition coefficient (Wildman–Crippen LogP) is 4.30. The summed E-state index contributed by atoms with van der Waals surface area (Å²) in [6, 6.07) is 17.3. The summed E-state index contributed by atoms with van der Waals surface area (Å²) >= 11 is 0. The Hall–Kier alpha value is -3.25. The quantitative estimate of drug-likeness (QED) is 0.428. The van der Waals surface area contributed by atoms with Gasteiger partial charge in [-0.1, -0.05) is 30.3 Å². The molecular weight excluding hydrogens is 365 g/mol. The molecule has 0 saturated heterocycles. The Bertz CT molecular complexity index is 994. The number of rotatable bonds is 9. The Kier molecular flexibility index (Phi) is 6.12. The van der Waals surface area contributed by atoms with Crippen LogP contribution in [0.3, 0.4) is 0 Å². The van der Waals surface area contributed by atoms with E-state index in [4.69, 9.17) is 0 Å². The van der Waals surface area contributed by atoms with Gasteiger partial charge in [-0.15, -0.1) is 0 Å². The lowest BCUT2D eigenvalue weighted by atomic mass is 10.1. The van der Waals surface area contributed by atoms with Crippen molar-refractivity contribution in [2.75, 3.05) is 6.54 Å². The van der Waals surface area contributed by atoms with Crippen molar-refractivity contribution in [3.63, 3.8) is 0 Å². The topological polar surface area (TPSA) is 38.9 Å². The first kappa shape index (κ1) is 19.1. The molecule has 5 nitrogen and oxygen atoms in total. The Morgan fingerprint density at radius 3 is 2.48 bits per heavy atom. The van der Waals surface area contributed by atoms with E-state index in [1.165, 1.54) is 11.6 Å². The number of hydrogen-bond donors (Lipinski definition) is 0. The van der Waals surface area contributed by atoms with Crippen LogP contribution in [0.5, 0.6) is 0 Å². The number of nitrogens with zero attached hydrogens (tertiary/aromatic N) is 5. The molecule has 148 valence electrons. The second-order valence-electron chi connectivity index (χ2n) is 7.07. The maximum absolute atomic E-state index is 14.2. The van der Waals surface area contributed by atoms with E-state index in [1.807, 2.05) is 41.6 Å². The number of aryl methyl sites for hydroxylation is 1. The molecule has 0 radical (unpaired) electrons. The minimum absolute atomic E-state index is 0.152. The van der Waals surface area contributed by atoms with Gasteiger partial charge in [0.2, 0.25) is 0 Å². The van der Waals surface area contributed by atoms with Crippen molar-refractivity contribution in [3.05, 3.63) is 103 Å². The fraction of sp³-hybridized carbons (Fsp3) is 0.217. The third-order valence-corrected chi connectivity index (χ3v) is 4.91. The van der Waals surface area contributed by atoms with E-state index < -0.39 is 0 Å². The highest BCUT2D eigenvalue weighted by atomic mass is 19.1. The molecular formula is C23H24FN5. The summed E-state index contributed by atoms with van der Waals surface area (Å²) < 4.78 is 18.1. The van der Waals surface area contributed by atoms with Gasteiger partial charge in [0, 0.05) is 56.5 Å². The first-order chi connectivity index (χ1) is 14.3. The molecule has 2 heterocycles. The van der Waals surface area contributed by atoms with Crippen LogP contribution < -0.4 is 0 Å². The molecule has 0 saturated carbocycles. The Morgan fingerprint density at radius 2 is 1.76 bits per heavy atom. The van der Waals surface area contributed by atoms with Gasteiger partial charge in [-0.25, -0.2) is 14.1 Å². The summed E-state index contributed by atoms with van der Waals surface area (Å²) in [5.41, 5.74) is 2.95. The highest BCUT2D eigenvalue weighted by Crippen LogP contribution is 2.15. The third-order valence-electron chi connectivity index (χ3n) is 4.91. The van der Waals surface area contributed by atoms with E-state index in [9.17, 15) is 4.39 Å². The van der Waals surface area contributed by atoms with E-state index in [0.717, 1.165) is 37.3 Å². The summed E-state index contributed by atoms with van der Waals surface area (Å²) in [5, 5.41) is 4.26. The zero-order chi connectivity index (χ0) is 19.9. The van der Waals surface area contributed by atoms with Gasteiger partial charge in [-0.05, 0) is 36.2 Å². The Balaban J connectivity index is 1.44. The molecule has 0 aliphatic carbocycles. The molecule has 0 unspecified atom stereocenters. The molecule has 6 heteroatoms. The van der Waals surface area contributed by atoms with Crippen molar-refractivity contribution in [2.45, 2.75) is 26.1 Å². The van der Waals surface area contributed by atoms with Gasteiger partial charge in [0.25, 0.3) is 0 Å². The van der Waals surface area contributed by atoms with Crippen LogP contribution in [0, 0.1) is 5.82 Å². The van der Waals surface area contributed by atoms with Gasteiger partial charge in [-0.2, -0.15) is 5.10 Å². The van der Waals surface area contributed by atoms with Crippen LogP contribution in [0.2, 0.25) is 0 Å². The van der Waals surface area contributed by atoms with E-state index in [1.54, 1.807) is 18.5 Å². The largest absolute Gasteiger partial charge is 0.337 e. The highest BCUT2D eigenvalue weighted by Gasteiger charge is 2.10. The number of benzene rings is 2. The molecule has 0 N–H and O–H groups in total. The molecule has 2 aromatic carbocycles. The van der Waals surface area contributed by atoms with E-state index >= 15 is 0 Å². The summed E-state index contributed by atoms with van der Waals surface area (Å²) in [4.78, 5) is 6.38. The van der Waals surface area contributed by atoms with Gasteiger partial charge in [-0.3, -0.25) is 4.90 Å². The van der Waals surface area contributed by atoms with Crippen LogP contribution in [0.25, 0.3) is 5.69 Å². The molecule has 0 bridgehead atoms. The maximum Gasteiger partial charge on any atom is 0.127 e. The summed E-state index contributed by atoms with van der Waals surface area (Å²) in [6.07, 6.45) is 10.2. The van der Waals surface area contributed by atoms with Crippen LogP contribution in [0.4, 0.5) is 4.39 Å². The summed E-state index contributed by atoms with van der Waals surface area (Å²) in [6.45, 7) is 3.11. The number of hydrogen-bond acceptors (Lipinski definition) is 3. The Labute approximate surface area is 170 Å². The van der Waals surface area contributed by atoms with Crippen LogP contribution >= 0.6 is 0 Å². The molecule has 0 spiro atoms.